The lowest BCUT2D eigenvalue weighted by Crippen LogP contribution is -2.28. The lowest BCUT2D eigenvalue weighted by molar-refractivity contribution is 0.360. The highest BCUT2D eigenvalue weighted by molar-refractivity contribution is 6.05. The van der Waals surface area contributed by atoms with Gasteiger partial charge in [-0.3, -0.25) is 0 Å². The molecule has 0 saturated carbocycles. The van der Waals surface area contributed by atoms with Crippen LogP contribution in [-0.4, -0.2) is 4.98 Å². The fourth-order valence-electron chi connectivity index (χ4n) is 10.7. The number of hydrogen-bond acceptors (Lipinski definition) is 3. The molecule has 1 aliphatic carbocycles. The zero-order chi connectivity index (χ0) is 44.3. The van der Waals surface area contributed by atoms with Crippen LogP contribution < -0.4 is 9.47 Å². The van der Waals surface area contributed by atoms with Gasteiger partial charge in [0.2, 0.25) is 0 Å². The third kappa shape index (κ3) is 6.24. The maximum Gasteiger partial charge on any atom is 0.178 e. The summed E-state index contributed by atoms with van der Waals surface area (Å²) in [6, 6.07) is 88.4. The predicted molar refractivity (Wildman–Crippen MR) is 273 cm³/mol. The molecule has 13 rings (SSSR count). The number of ether oxygens (including phenoxy) is 2. The Morgan fingerprint density at radius 1 is 0.299 bits per heavy atom. The highest BCUT2D eigenvalue weighted by Gasteiger charge is 2.48. The van der Waals surface area contributed by atoms with E-state index in [-0.39, 0.29) is 0 Å². The number of rotatable bonds is 7. The van der Waals surface area contributed by atoms with Crippen LogP contribution >= 0.6 is 0 Å². The van der Waals surface area contributed by atoms with Gasteiger partial charge in [0.1, 0.15) is 0 Å². The molecule has 0 radical (unpaired) electrons. The summed E-state index contributed by atoms with van der Waals surface area (Å²) in [5, 5.41) is 2.35. The topological polar surface area (TPSA) is 31.4 Å². The molecule has 1 aromatic heterocycles. The van der Waals surface area contributed by atoms with Crippen LogP contribution in [0.5, 0.6) is 23.0 Å². The van der Waals surface area contributed by atoms with Crippen molar-refractivity contribution >= 4 is 10.8 Å². The van der Waals surface area contributed by atoms with Crippen LogP contribution in [0.25, 0.3) is 77.8 Å². The molecule has 10 aromatic carbocycles. The summed E-state index contributed by atoms with van der Waals surface area (Å²) >= 11 is 0. The van der Waals surface area contributed by atoms with E-state index < -0.39 is 5.41 Å². The highest BCUT2D eigenvalue weighted by Crippen LogP contribution is 2.62. The van der Waals surface area contributed by atoms with E-state index in [4.69, 9.17) is 14.5 Å². The van der Waals surface area contributed by atoms with E-state index in [1.165, 1.54) is 38.8 Å². The van der Waals surface area contributed by atoms with E-state index in [2.05, 4.69) is 243 Å². The molecule has 2 aliphatic rings. The first-order chi connectivity index (χ1) is 33.2. The lowest BCUT2D eigenvalue weighted by atomic mass is 9.68. The van der Waals surface area contributed by atoms with Gasteiger partial charge in [-0.25, -0.2) is 4.98 Å². The first kappa shape index (κ1) is 38.6. The molecular weight excluding hydrogens is 815 g/mol. The van der Waals surface area contributed by atoms with Crippen molar-refractivity contribution in [2.24, 2.45) is 0 Å². The number of pyridine rings is 1. The number of hydrogen-bond donors (Lipinski definition) is 0. The Kier molecular flexibility index (Phi) is 9.07. The van der Waals surface area contributed by atoms with Crippen molar-refractivity contribution in [3.8, 4) is 90.0 Å². The highest BCUT2D eigenvalue weighted by atomic mass is 16.6. The van der Waals surface area contributed by atoms with E-state index in [9.17, 15) is 0 Å². The van der Waals surface area contributed by atoms with Gasteiger partial charge in [0, 0.05) is 16.7 Å². The van der Waals surface area contributed by atoms with Crippen molar-refractivity contribution in [1.29, 1.82) is 0 Å². The summed E-state index contributed by atoms with van der Waals surface area (Å²) in [5.74, 6) is 2.79. The molecule has 3 nitrogen and oxygen atoms in total. The first-order valence-corrected chi connectivity index (χ1v) is 22.9. The Morgan fingerprint density at radius 2 is 0.836 bits per heavy atom. The van der Waals surface area contributed by atoms with Crippen molar-refractivity contribution in [3.05, 3.63) is 271 Å². The molecule has 0 saturated heterocycles. The zero-order valence-corrected chi connectivity index (χ0v) is 36.4. The van der Waals surface area contributed by atoms with Gasteiger partial charge in [0.05, 0.1) is 16.8 Å². The summed E-state index contributed by atoms with van der Waals surface area (Å²) in [6.45, 7) is 0. The second-order valence-electron chi connectivity index (χ2n) is 17.3. The number of aromatic nitrogens is 1. The Labute approximate surface area is 389 Å². The van der Waals surface area contributed by atoms with E-state index in [0.717, 1.165) is 67.0 Å². The Morgan fingerprint density at radius 3 is 1.54 bits per heavy atom. The van der Waals surface area contributed by atoms with Crippen LogP contribution in [0.3, 0.4) is 0 Å². The molecule has 0 N–H and O–H groups in total. The normalized spacial score (nSPS) is 12.8. The van der Waals surface area contributed by atoms with Gasteiger partial charge in [0.15, 0.2) is 23.0 Å². The van der Waals surface area contributed by atoms with Crippen LogP contribution in [0.1, 0.15) is 22.3 Å². The van der Waals surface area contributed by atoms with Crippen LogP contribution in [0.4, 0.5) is 0 Å². The van der Waals surface area contributed by atoms with Crippen LogP contribution in [-0.2, 0) is 5.41 Å². The standard InChI is InChI=1S/C64H41NO2/c1-5-19-42(20-6-1)50-34-35-53(52-30-16-15-29-51(50)52)58-40-45(39-57(65-58)43-21-7-2-8-22-43)49-28-14-13-27-48(49)44-33-37-59-61(41-44)67-63-60(66-59)38-36-56-62(63)54-31-17-18-32-55(54)64(56,46-23-9-3-10-24-46)47-25-11-4-12-26-47/h1-41H. The molecule has 314 valence electrons. The van der Waals surface area contributed by atoms with Crippen molar-refractivity contribution in [1.82, 2.24) is 4.98 Å². The average Bonchev–Trinajstić information content (AvgIpc) is 3.72. The molecule has 11 aromatic rings. The molecule has 0 amide bonds. The van der Waals surface area contributed by atoms with E-state index in [0.29, 0.717) is 17.2 Å². The predicted octanol–water partition coefficient (Wildman–Crippen LogP) is 16.8. The maximum absolute atomic E-state index is 7.15. The summed E-state index contributed by atoms with van der Waals surface area (Å²) < 4.78 is 13.9. The first-order valence-electron chi connectivity index (χ1n) is 22.9. The third-order valence-corrected chi connectivity index (χ3v) is 13.6. The Balaban J connectivity index is 0.944. The van der Waals surface area contributed by atoms with Crippen LogP contribution in [0.2, 0.25) is 0 Å². The average molecular weight is 856 g/mol. The minimum atomic E-state index is -0.549. The molecule has 0 spiro atoms. The number of benzene rings is 10. The largest absolute Gasteiger partial charge is 0.449 e. The Hall–Kier alpha value is -8.79. The molecule has 67 heavy (non-hydrogen) atoms. The molecule has 0 unspecified atom stereocenters. The molecule has 3 heteroatoms. The molecule has 2 heterocycles. The third-order valence-electron chi connectivity index (χ3n) is 13.6. The second kappa shape index (κ2) is 15.7. The second-order valence-corrected chi connectivity index (χ2v) is 17.3. The van der Waals surface area contributed by atoms with Crippen molar-refractivity contribution in [3.63, 3.8) is 0 Å². The van der Waals surface area contributed by atoms with Gasteiger partial charge in [-0.2, -0.15) is 0 Å². The van der Waals surface area contributed by atoms with Gasteiger partial charge in [0.25, 0.3) is 0 Å². The molecular formula is C64H41NO2. The van der Waals surface area contributed by atoms with Crippen LogP contribution in [0, 0.1) is 0 Å². The molecule has 0 atom stereocenters. The van der Waals surface area contributed by atoms with Gasteiger partial charge in [-0.1, -0.05) is 218 Å². The lowest BCUT2D eigenvalue weighted by Gasteiger charge is -2.34. The summed E-state index contributed by atoms with van der Waals surface area (Å²) in [4.78, 5) is 5.39. The van der Waals surface area contributed by atoms with Gasteiger partial charge in [-0.05, 0) is 102 Å². The van der Waals surface area contributed by atoms with E-state index in [1.807, 2.05) is 6.07 Å². The summed E-state index contributed by atoms with van der Waals surface area (Å²) in [5.41, 5.74) is 17.1. The van der Waals surface area contributed by atoms with E-state index >= 15 is 0 Å². The van der Waals surface area contributed by atoms with Gasteiger partial charge >= 0.3 is 0 Å². The summed E-state index contributed by atoms with van der Waals surface area (Å²) in [7, 11) is 0. The SMILES string of the molecule is c1ccc(-c2cc(-c3ccccc3-c3ccc4c(c3)Oc3c(ccc5c3-c3ccccc3C5(c3ccccc3)c3ccccc3)O4)cc(-c3ccc(-c4ccccc4)c4ccccc34)n2)cc1. The van der Waals surface area contributed by atoms with Gasteiger partial charge < -0.3 is 9.47 Å². The fraction of sp³-hybridized carbons (Fsp3) is 0.0156. The van der Waals surface area contributed by atoms with Crippen molar-refractivity contribution < 1.29 is 9.47 Å². The quantitative estimate of drug-likeness (QED) is 0.160. The monoisotopic (exact) mass is 855 g/mol. The molecule has 0 fully saturated rings. The Bertz CT molecular complexity index is 3640. The maximum atomic E-state index is 7.15. The fourth-order valence-corrected chi connectivity index (χ4v) is 10.7. The zero-order valence-electron chi connectivity index (χ0n) is 36.4. The molecule has 0 bridgehead atoms. The minimum Gasteiger partial charge on any atom is -0.449 e. The minimum absolute atomic E-state index is 0.549. The van der Waals surface area contributed by atoms with Crippen molar-refractivity contribution in [2.75, 3.05) is 0 Å². The molecule has 1 aliphatic heterocycles. The number of nitrogens with zero attached hydrogens (tertiary/aromatic N) is 1. The van der Waals surface area contributed by atoms with Gasteiger partial charge in [-0.15, -0.1) is 0 Å². The van der Waals surface area contributed by atoms with E-state index in [1.54, 1.807) is 0 Å². The van der Waals surface area contributed by atoms with Crippen LogP contribution in [0.15, 0.2) is 249 Å². The summed E-state index contributed by atoms with van der Waals surface area (Å²) in [6.07, 6.45) is 0. The smallest absolute Gasteiger partial charge is 0.178 e. The number of fused-ring (bicyclic) bond motifs is 7. The van der Waals surface area contributed by atoms with Crippen molar-refractivity contribution in [2.45, 2.75) is 5.41 Å².